The zero-order valence-electron chi connectivity index (χ0n) is 13.9. The lowest BCUT2D eigenvalue weighted by molar-refractivity contribution is 0.136. The van der Waals surface area contributed by atoms with E-state index < -0.39 is 0 Å². The number of nitrogens with one attached hydrogen (secondary N) is 1. The van der Waals surface area contributed by atoms with Crippen LogP contribution in [0.4, 0.5) is 0 Å². The van der Waals surface area contributed by atoms with Gasteiger partial charge in [-0.25, -0.2) is 0 Å². The van der Waals surface area contributed by atoms with Gasteiger partial charge in [0.05, 0.1) is 5.69 Å². The average molecular weight is 290 g/mol. The molecule has 0 saturated heterocycles. The molecule has 1 aliphatic carbocycles. The molecule has 0 radical (unpaired) electrons. The third-order valence-corrected chi connectivity index (χ3v) is 5.39. The minimum absolute atomic E-state index is 0.300. The Labute approximate surface area is 129 Å². The Morgan fingerprint density at radius 1 is 1.24 bits per heavy atom. The second kappa shape index (κ2) is 6.78. The van der Waals surface area contributed by atoms with Crippen molar-refractivity contribution in [3.63, 3.8) is 0 Å². The van der Waals surface area contributed by atoms with Gasteiger partial charge in [-0.05, 0) is 56.1 Å². The van der Waals surface area contributed by atoms with Crippen LogP contribution in [0.15, 0.2) is 12.1 Å². The summed E-state index contributed by atoms with van der Waals surface area (Å²) in [5.74, 6) is 1.15. The van der Waals surface area contributed by atoms with Crippen molar-refractivity contribution in [2.75, 3.05) is 0 Å². The van der Waals surface area contributed by atoms with Crippen molar-refractivity contribution >= 4 is 0 Å². The molecular weight excluding hydrogens is 260 g/mol. The Kier molecular flexibility index (Phi) is 5.26. The van der Waals surface area contributed by atoms with Gasteiger partial charge in [0.15, 0.2) is 0 Å². The number of nitrogens with zero attached hydrogens (tertiary/aromatic N) is 1. The Hall–Kier alpha value is -1.09. The molecule has 2 rings (SSSR count). The fourth-order valence-corrected chi connectivity index (χ4v) is 3.34. The highest BCUT2D eigenvalue weighted by Gasteiger charge is 2.31. The van der Waals surface area contributed by atoms with E-state index in [0.29, 0.717) is 23.8 Å². The maximum atomic E-state index is 9.84. The second-order valence-corrected chi connectivity index (χ2v) is 7.19. The summed E-state index contributed by atoms with van der Waals surface area (Å²) in [6.07, 6.45) is 6.36. The van der Waals surface area contributed by atoms with Crippen LogP contribution >= 0.6 is 0 Å². The maximum Gasteiger partial charge on any atom is 0.138 e. The molecule has 0 unspecified atom stereocenters. The van der Waals surface area contributed by atoms with Crippen LogP contribution in [0.1, 0.15) is 64.3 Å². The third kappa shape index (κ3) is 4.19. The third-order valence-electron chi connectivity index (χ3n) is 5.39. The zero-order valence-corrected chi connectivity index (χ0v) is 13.9. The minimum Gasteiger partial charge on any atom is -0.506 e. The standard InChI is InChI=1S/C18H30N2O/c1-5-18(3,4)14-7-9-15(10-8-14)19-12-16-17(21)11-6-13(2)20-16/h6,11,14-15,19,21H,5,7-10,12H2,1-4H3. The van der Waals surface area contributed by atoms with Gasteiger partial charge in [-0.1, -0.05) is 27.2 Å². The topological polar surface area (TPSA) is 45.2 Å². The summed E-state index contributed by atoms with van der Waals surface area (Å²) in [4.78, 5) is 4.41. The minimum atomic E-state index is 0.300. The number of aryl methyl sites for hydroxylation is 1. The molecule has 0 spiro atoms. The van der Waals surface area contributed by atoms with Crippen LogP contribution in [-0.4, -0.2) is 16.1 Å². The van der Waals surface area contributed by atoms with Crippen molar-refractivity contribution in [3.8, 4) is 5.75 Å². The average Bonchev–Trinajstić information content (AvgIpc) is 2.48. The molecular formula is C18H30N2O. The molecule has 0 amide bonds. The molecule has 3 nitrogen and oxygen atoms in total. The predicted molar refractivity (Wildman–Crippen MR) is 87.3 cm³/mol. The molecule has 1 aromatic rings. The highest BCUT2D eigenvalue weighted by molar-refractivity contribution is 5.27. The lowest BCUT2D eigenvalue weighted by atomic mass is 9.69. The highest BCUT2D eigenvalue weighted by Crippen LogP contribution is 2.40. The van der Waals surface area contributed by atoms with Crippen molar-refractivity contribution in [2.24, 2.45) is 11.3 Å². The molecule has 1 fully saturated rings. The van der Waals surface area contributed by atoms with Crippen molar-refractivity contribution < 1.29 is 5.11 Å². The molecule has 21 heavy (non-hydrogen) atoms. The number of hydrogen-bond acceptors (Lipinski definition) is 3. The number of rotatable bonds is 5. The van der Waals surface area contributed by atoms with Gasteiger partial charge >= 0.3 is 0 Å². The molecule has 118 valence electrons. The Morgan fingerprint density at radius 2 is 1.90 bits per heavy atom. The van der Waals surface area contributed by atoms with Crippen LogP contribution in [0, 0.1) is 18.3 Å². The van der Waals surface area contributed by atoms with Gasteiger partial charge in [0, 0.05) is 18.3 Å². The number of aromatic nitrogens is 1. The van der Waals surface area contributed by atoms with Crippen molar-refractivity contribution in [3.05, 3.63) is 23.5 Å². The van der Waals surface area contributed by atoms with E-state index in [1.165, 1.54) is 32.1 Å². The maximum absolute atomic E-state index is 9.84. The fraction of sp³-hybridized carbons (Fsp3) is 0.722. The summed E-state index contributed by atoms with van der Waals surface area (Å²) < 4.78 is 0. The van der Waals surface area contributed by atoms with Crippen LogP contribution in [0.5, 0.6) is 5.75 Å². The molecule has 1 aromatic heterocycles. The molecule has 3 heteroatoms. The summed E-state index contributed by atoms with van der Waals surface area (Å²) in [5.41, 5.74) is 2.20. The van der Waals surface area contributed by atoms with E-state index in [9.17, 15) is 5.11 Å². The van der Waals surface area contributed by atoms with Crippen LogP contribution < -0.4 is 5.32 Å². The van der Waals surface area contributed by atoms with Gasteiger partial charge in [-0.3, -0.25) is 4.98 Å². The SMILES string of the molecule is CCC(C)(C)C1CCC(NCc2nc(C)ccc2O)CC1. The summed E-state index contributed by atoms with van der Waals surface area (Å²) in [6, 6.07) is 4.15. The predicted octanol–water partition coefficient (Wildman–Crippen LogP) is 4.18. The molecule has 0 atom stereocenters. The summed E-state index contributed by atoms with van der Waals surface area (Å²) in [6.45, 7) is 9.73. The quantitative estimate of drug-likeness (QED) is 0.855. The molecule has 0 aliphatic heterocycles. The summed E-state index contributed by atoms with van der Waals surface area (Å²) in [7, 11) is 0. The van der Waals surface area contributed by atoms with Gasteiger partial charge in [0.2, 0.25) is 0 Å². The highest BCUT2D eigenvalue weighted by atomic mass is 16.3. The van der Waals surface area contributed by atoms with Gasteiger partial charge in [-0.15, -0.1) is 0 Å². The first-order chi connectivity index (χ1) is 9.92. The molecule has 1 saturated carbocycles. The first kappa shape index (κ1) is 16.3. The molecule has 0 aromatic carbocycles. The lowest BCUT2D eigenvalue weighted by Gasteiger charge is -2.39. The van der Waals surface area contributed by atoms with E-state index in [1.807, 2.05) is 13.0 Å². The van der Waals surface area contributed by atoms with Gasteiger partial charge in [0.25, 0.3) is 0 Å². The lowest BCUT2D eigenvalue weighted by Crippen LogP contribution is -2.36. The van der Waals surface area contributed by atoms with E-state index in [4.69, 9.17) is 0 Å². The smallest absolute Gasteiger partial charge is 0.138 e. The molecule has 1 heterocycles. The van der Waals surface area contributed by atoms with Crippen LogP contribution in [-0.2, 0) is 6.54 Å². The number of aromatic hydroxyl groups is 1. The Morgan fingerprint density at radius 3 is 2.52 bits per heavy atom. The summed E-state index contributed by atoms with van der Waals surface area (Å²) >= 11 is 0. The number of hydrogen-bond donors (Lipinski definition) is 2. The van der Waals surface area contributed by atoms with E-state index in [2.05, 4.69) is 31.1 Å². The van der Waals surface area contributed by atoms with Crippen LogP contribution in [0.2, 0.25) is 0 Å². The van der Waals surface area contributed by atoms with E-state index in [-0.39, 0.29) is 0 Å². The largest absolute Gasteiger partial charge is 0.506 e. The van der Waals surface area contributed by atoms with E-state index >= 15 is 0 Å². The second-order valence-electron chi connectivity index (χ2n) is 7.19. The Bertz CT molecular complexity index is 462. The molecule has 2 N–H and O–H groups in total. The van der Waals surface area contributed by atoms with Crippen LogP contribution in [0.25, 0.3) is 0 Å². The van der Waals surface area contributed by atoms with Crippen molar-refractivity contribution in [2.45, 2.75) is 72.4 Å². The van der Waals surface area contributed by atoms with E-state index in [1.54, 1.807) is 6.07 Å². The van der Waals surface area contributed by atoms with Gasteiger partial charge in [-0.2, -0.15) is 0 Å². The Balaban J connectivity index is 1.83. The van der Waals surface area contributed by atoms with Gasteiger partial charge in [0.1, 0.15) is 5.75 Å². The first-order valence-electron chi connectivity index (χ1n) is 8.31. The van der Waals surface area contributed by atoms with Gasteiger partial charge < -0.3 is 10.4 Å². The molecule has 0 bridgehead atoms. The van der Waals surface area contributed by atoms with Crippen molar-refractivity contribution in [1.82, 2.24) is 10.3 Å². The zero-order chi connectivity index (χ0) is 15.5. The van der Waals surface area contributed by atoms with Crippen LogP contribution in [0.3, 0.4) is 0 Å². The fourth-order valence-electron chi connectivity index (χ4n) is 3.34. The van der Waals surface area contributed by atoms with Crippen molar-refractivity contribution in [1.29, 1.82) is 0 Å². The summed E-state index contributed by atoms with van der Waals surface area (Å²) in [5, 5.41) is 13.4. The molecule has 1 aliphatic rings. The first-order valence-corrected chi connectivity index (χ1v) is 8.31. The number of pyridine rings is 1. The van der Waals surface area contributed by atoms with E-state index in [0.717, 1.165) is 17.3 Å². The monoisotopic (exact) mass is 290 g/mol. The normalized spacial score (nSPS) is 23.2.